The Labute approximate surface area is 90.8 Å². The number of ether oxygens (including phenoxy) is 1. The molecule has 0 aliphatic heterocycles. The van der Waals surface area contributed by atoms with E-state index in [1.54, 1.807) is 0 Å². The van der Waals surface area contributed by atoms with Crippen LogP contribution in [-0.4, -0.2) is 22.3 Å². The fourth-order valence-corrected chi connectivity index (χ4v) is 1.78. The van der Waals surface area contributed by atoms with Crippen LogP contribution in [0.15, 0.2) is 12.2 Å². The maximum Gasteiger partial charge on any atom is 0.616 e. The molecule has 0 heterocycles. The third-order valence-corrected chi connectivity index (χ3v) is 2.77. The van der Waals surface area contributed by atoms with Gasteiger partial charge < -0.3 is 4.74 Å². The van der Waals surface area contributed by atoms with Gasteiger partial charge in [-0.15, -0.1) is 0 Å². The van der Waals surface area contributed by atoms with E-state index >= 15 is 0 Å². The maximum atomic E-state index is 11.9. The molecule has 0 saturated carbocycles. The second-order valence-electron chi connectivity index (χ2n) is 3.79. The summed E-state index contributed by atoms with van der Waals surface area (Å²) in [4.78, 5) is 0. The monoisotopic (exact) mass is 240 g/mol. The molecular formula is C10H19F3OSi. The van der Waals surface area contributed by atoms with E-state index < -0.39 is 15.1 Å². The molecule has 5 heteroatoms. The van der Waals surface area contributed by atoms with Gasteiger partial charge in [0.15, 0.2) is 0 Å². The summed E-state index contributed by atoms with van der Waals surface area (Å²) in [7, 11) is -5.29. The largest absolute Gasteiger partial charge is 0.616 e. The lowest BCUT2D eigenvalue weighted by Gasteiger charge is -2.04. The van der Waals surface area contributed by atoms with Crippen LogP contribution in [0.4, 0.5) is 12.3 Å². The number of halogens is 3. The van der Waals surface area contributed by atoms with Gasteiger partial charge in [0.25, 0.3) is 0 Å². The third-order valence-electron chi connectivity index (χ3n) is 1.85. The quantitative estimate of drug-likeness (QED) is 0.256. The van der Waals surface area contributed by atoms with Gasteiger partial charge in [0.1, 0.15) is 0 Å². The van der Waals surface area contributed by atoms with Gasteiger partial charge in [-0.1, -0.05) is 25.0 Å². The molecule has 0 radical (unpaired) electrons. The molecule has 0 amide bonds. The van der Waals surface area contributed by atoms with Crippen molar-refractivity contribution in [3.63, 3.8) is 0 Å². The molecule has 1 nitrogen and oxygen atoms in total. The van der Waals surface area contributed by atoms with Crippen molar-refractivity contribution in [2.24, 2.45) is 0 Å². The van der Waals surface area contributed by atoms with Crippen molar-refractivity contribution in [2.75, 3.05) is 13.2 Å². The van der Waals surface area contributed by atoms with Crippen molar-refractivity contribution in [3.05, 3.63) is 12.2 Å². The summed E-state index contributed by atoms with van der Waals surface area (Å²) in [5.74, 6) is 0. The van der Waals surface area contributed by atoms with E-state index in [9.17, 15) is 12.3 Å². The second-order valence-corrected chi connectivity index (χ2v) is 5.52. The molecule has 0 rings (SSSR count). The predicted molar refractivity (Wildman–Crippen MR) is 58.0 cm³/mol. The molecule has 0 aromatic heterocycles. The topological polar surface area (TPSA) is 9.23 Å². The standard InChI is InChI=1S/C10H19F3OSi/c1-10(2)9-14-7-5-3-4-6-8-15(11,12)13/h1,3-9H2,2H3. The summed E-state index contributed by atoms with van der Waals surface area (Å²) in [5.41, 5.74) is 0.970. The molecule has 0 aliphatic carbocycles. The second kappa shape index (κ2) is 7.93. The van der Waals surface area contributed by atoms with E-state index in [-0.39, 0.29) is 6.42 Å². The highest BCUT2D eigenvalue weighted by Gasteiger charge is 2.35. The Morgan fingerprint density at radius 2 is 1.73 bits per heavy atom. The zero-order valence-electron chi connectivity index (χ0n) is 9.20. The molecule has 0 aliphatic rings. The zero-order valence-corrected chi connectivity index (χ0v) is 10.2. The van der Waals surface area contributed by atoms with Crippen molar-refractivity contribution < 1.29 is 17.1 Å². The van der Waals surface area contributed by atoms with E-state index in [1.807, 2.05) is 6.92 Å². The molecule has 0 fully saturated rings. The predicted octanol–water partition coefficient (Wildman–Crippen LogP) is 3.99. The normalized spacial score (nSPS) is 11.7. The Morgan fingerprint density at radius 3 is 2.27 bits per heavy atom. The molecule has 0 N–H and O–H groups in total. The first-order chi connectivity index (χ1) is 6.92. The minimum Gasteiger partial charge on any atom is -0.377 e. The molecule has 0 aromatic carbocycles. The molecule has 15 heavy (non-hydrogen) atoms. The molecule has 0 saturated heterocycles. The minimum atomic E-state index is -5.29. The highest BCUT2D eigenvalue weighted by Crippen LogP contribution is 2.18. The van der Waals surface area contributed by atoms with Crippen LogP contribution in [0.5, 0.6) is 0 Å². The number of unbranched alkanes of at least 4 members (excludes halogenated alkanes) is 3. The molecule has 0 unspecified atom stereocenters. The number of hydrogen-bond acceptors (Lipinski definition) is 1. The third kappa shape index (κ3) is 13.7. The molecule has 90 valence electrons. The van der Waals surface area contributed by atoms with Crippen LogP contribution in [0.2, 0.25) is 6.04 Å². The van der Waals surface area contributed by atoms with Gasteiger partial charge in [-0.2, -0.15) is 0 Å². The summed E-state index contributed by atoms with van der Waals surface area (Å²) in [6, 6.07) is -0.528. The Morgan fingerprint density at radius 1 is 1.13 bits per heavy atom. The first kappa shape index (κ1) is 14.7. The summed E-state index contributed by atoms with van der Waals surface area (Å²) in [6.07, 6.45) is 2.60. The Balaban J connectivity index is 3.09. The van der Waals surface area contributed by atoms with Gasteiger partial charge in [0.2, 0.25) is 0 Å². The van der Waals surface area contributed by atoms with Crippen LogP contribution in [0.3, 0.4) is 0 Å². The summed E-state index contributed by atoms with van der Waals surface area (Å²) in [6.45, 7) is 6.74. The number of rotatable bonds is 9. The first-order valence-corrected chi connectivity index (χ1v) is 7.05. The zero-order chi connectivity index (χ0) is 11.7. The van der Waals surface area contributed by atoms with Crippen LogP contribution < -0.4 is 0 Å². The highest BCUT2D eigenvalue weighted by atomic mass is 28.5. The van der Waals surface area contributed by atoms with E-state index in [4.69, 9.17) is 4.74 Å². The fraction of sp³-hybridized carbons (Fsp3) is 0.800. The Hall–Kier alpha value is -0.293. The summed E-state index contributed by atoms with van der Waals surface area (Å²) in [5, 5.41) is 0. The summed E-state index contributed by atoms with van der Waals surface area (Å²) >= 11 is 0. The molecular weight excluding hydrogens is 221 g/mol. The van der Waals surface area contributed by atoms with Crippen LogP contribution >= 0.6 is 0 Å². The van der Waals surface area contributed by atoms with Crippen molar-refractivity contribution in [1.82, 2.24) is 0 Å². The average Bonchev–Trinajstić information content (AvgIpc) is 2.07. The number of hydrogen-bond donors (Lipinski definition) is 0. The molecule has 0 aromatic rings. The van der Waals surface area contributed by atoms with E-state index in [0.29, 0.717) is 19.6 Å². The van der Waals surface area contributed by atoms with Crippen molar-refractivity contribution >= 4 is 9.08 Å². The van der Waals surface area contributed by atoms with Crippen molar-refractivity contribution in [3.8, 4) is 0 Å². The van der Waals surface area contributed by atoms with Crippen LogP contribution in [-0.2, 0) is 4.74 Å². The Bertz CT molecular complexity index is 180. The lowest BCUT2D eigenvalue weighted by Crippen LogP contribution is -2.13. The van der Waals surface area contributed by atoms with Gasteiger partial charge in [-0.3, -0.25) is 0 Å². The van der Waals surface area contributed by atoms with Crippen LogP contribution in [0.25, 0.3) is 0 Å². The fourth-order valence-electron chi connectivity index (χ4n) is 1.13. The molecule has 0 spiro atoms. The lowest BCUT2D eigenvalue weighted by molar-refractivity contribution is 0.151. The van der Waals surface area contributed by atoms with Gasteiger partial charge >= 0.3 is 9.08 Å². The smallest absolute Gasteiger partial charge is 0.377 e. The van der Waals surface area contributed by atoms with Crippen molar-refractivity contribution in [2.45, 2.75) is 38.7 Å². The Kier molecular flexibility index (Phi) is 7.77. The van der Waals surface area contributed by atoms with E-state index in [1.165, 1.54) is 0 Å². The molecule has 0 atom stereocenters. The average molecular weight is 240 g/mol. The van der Waals surface area contributed by atoms with Gasteiger partial charge in [-0.05, 0) is 19.8 Å². The van der Waals surface area contributed by atoms with Gasteiger partial charge in [0, 0.05) is 12.7 Å². The van der Waals surface area contributed by atoms with E-state index in [2.05, 4.69) is 6.58 Å². The van der Waals surface area contributed by atoms with Crippen LogP contribution in [0, 0.1) is 0 Å². The first-order valence-electron chi connectivity index (χ1n) is 5.20. The van der Waals surface area contributed by atoms with Gasteiger partial charge in [0.05, 0.1) is 6.61 Å². The minimum absolute atomic E-state index is 0.288. The highest BCUT2D eigenvalue weighted by molar-refractivity contribution is 6.58. The molecule has 0 bridgehead atoms. The maximum absolute atomic E-state index is 11.9. The SMILES string of the molecule is C=C(C)COCCCCCC[Si](F)(F)F. The van der Waals surface area contributed by atoms with Crippen LogP contribution in [0.1, 0.15) is 32.6 Å². The van der Waals surface area contributed by atoms with Gasteiger partial charge in [-0.25, -0.2) is 12.3 Å². The van der Waals surface area contributed by atoms with E-state index in [0.717, 1.165) is 18.4 Å². The summed E-state index contributed by atoms with van der Waals surface area (Å²) < 4.78 is 40.9. The van der Waals surface area contributed by atoms with Crippen molar-refractivity contribution in [1.29, 1.82) is 0 Å². The lowest BCUT2D eigenvalue weighted by atomic mass is 10.2.